The number of hydrogen-bond donors (Lipinski definition) is 0. The summed E-state index contributed by atoms with van der Waals surface area (Å²) in [4.78, 5) is 12.7. The van der Waals surface area contributed by atoms with Gasteiger partial charge in [-0.2, -0.15) is 0 Å². The van der Waals surface area contributed by atoms with Crippen LogP contribution in [-0.2, 0) is 11.8 Å². The molecule has 3 rings (SSSR count). The summed E-state index contributed by atoms with van der Waals surface area (Å²) in [6.45, 7) is 4.57. The Morgan fingerprint density at radius 2 is 1.47 bits per heavy atom. The maximum absolute atomic E-state index is 12.7. The van der Waals surface area contributed by atoms with Crippen molar-refractivity contribution in [3.63, 3.8) is 0 Å². The standard InChI is InChI=1S/C31H44O/c1-3-5-7-12-22-31(29-18-16-26(17-19-29)13-9-6-4-2)23-20-27(21-24-31)25-30(32)28-14-10-8-11-15-28/h8,10-11,14-19,27H,3-7,9,12-13,20-25H2,1-2H3/t27-,31+. The van der Waals surface area contributed by atoms with Crippen molar-refractivity contribution in [2.75, 3.05) is 0 Å². The summed E-state index contributed by atoms with van der Waals surface area (Å²) in [6.07, 6.45) is 17.3. The van der Waals surface area contributed by atoms with Gasteiger partial charge in [0.25, 0.3) is 0 Å². The van der Waals surface area contributed by atoms with E-state index >= 15 is 0 Å². The number of hydrogen-bond acceptors (Lipinski definition) is 1. The summed E-state index contributed by atoms with van der Waals surface area (Å²) in [6, 6.07) is 19.5. The number of carbonyl (C=O) groups excluding carboxylic acids is 1. The van der Waals surface area contributed by atoms with Crippen molar-refractivity contribution in [2.24, 2.45) is 5.92 Å². The molecule has 1 aliphatic rings. The minimum absolute atomic E-state index is 0.321. The van der Waals surface area contributed by atoms with E-state index in [4.69, 9.17) is 0 Å². The minimum atomic E-state index is 0.321. The zero-order chi connectivity index (χ0) is 22.7. The molecule has 0 radical (unpaired) electrons. The molecule has 1 fully saturated rings. The predicted molar refractivity (Wildman–Crippen MR) is 137 cm³/mol. The Morgan fingerprint density at radius 1 is 0.812 bits per heavy atom. The van der Waals surface area contributed by atoms with Crippen LogP contribution in [-0.4, -0.2) is 5.78 Å². The Labute approximate surface area is 197 Å². The molecule has 32 heavy (non-hydrogen) atoms. The van der Waals surface area contributed by atoms with E-state index in [0.29, 0.717) is 23.5 Å². The summed E-state index contributed by atoms with van der Waals surface area (Å²) in [5.41, 5.74) is 4.25. The molecule has 0 spiro atoms. The lowest BCUT2D eigenvalue weighted by molar-refractivity contribution is 0.0934. The zero-order valence-electron chi connectivity index (χ0n) is 20.6. The number of benzene rings is 2. The first-order valence-electron chi connectivity index (χ1n) is 13.3. The second kappa shape index (κ2) is 13.0. The van der Waals surface area contributed by atoms with Gasteiger partial charge in [-0.15, -0.1) is 0 Å². The molecule has 2 aromatic carbocycles. The average Bonchev–Trinajstić information content (AvgIpc) is 2.84. The van der Waals surface area contributed by atoms with Gasteiger partial charge in [-0.3, -0.25) is 4.79 Å². The van der Waals surface area contributed by atoms with Crippen molar-refractivity contribution in [1.29, 1.82) is 0 Å². The maximum atomic E-state index is 12.7. The van der Waals surface area contributed by atoms with Gasteiger partial charge < -0.3 is 0 Å². The fourth-order valence-corrected chi connectivity index (χ4v) is 5.62. The van der Waals surface area contributed by atoms with E-state index in [1.807, 2.05) is 30.3 Å². The number of Topliss-reactive ketones (excluding diaryl/α,β-unsaturated/α-hetero) is 1. The first-order chi connectivity index (χ1) is 15.7. The van der Waals surface area contributed by atoms with Crippen LogP contribution in [0, 0.1) is 5.92 Å². The van der Waals surface area contributed by atoms with Crippen LogP contribution < -0.4 is 0 Å². The van der Waals surface area contributed by atoms with Gasteiger partial charge in [-0.05, 0) is 67.4 Å². The van der Waals surface area contributed by atoms with Crippen LogP contribution in [0.25, 0.3) is 0 Å². The molecule has 0 unspecified atom stereocenters. The number of rotatable bonds is 13. The molecule has 0 aromatic heterocycles. The summed E-state index contributed by atoms with van der Waals surface area (Å²) in [5.74, 6) is 0.863. The lowest BCUT2D eigenvalue weighted by Crippen LogP contribution is -2.32. The summed E-state index contributed by atoms with van der Waals surface area (Å²) in [7, 11) is 0. The van der Waals surface area contributed by atoms with E-state index in [2.05, 4.69) is 38.1 Å². The van der Waals surface area contributed by atoms with Crippen molar-refractivity contribution in [2.45, 2.75) is 109 Å². The van der Waals surface area contributed by atoms with Crippen molar-refractivity contribution in [1.82, 2.24) is 0 Å². The molecule has 2 aromatic rings. The summed E-state index contributed by atoms with van der Waals surface area (Å²) >= 11 is 0. The van der Waals surface area contributed by atoms with E-state index in [9.17, 15) is 4.79 Å². The first-order valence-corrected chi connectivity index (χ1v) is 13.3. The van der Waals surface area contributed by atoms with Crippen LogP contribution in [0.3, 0.4) is 0 Å². The predicted octanol–water partition coefficient (Wildman–Crippen LogP) is 9.09. The Morgan fingerprint density at radius 3 is 2.12 bits per heavy atom. The van der Waals surface area contributed by atoms with Crippen LogP contribution in [0.15, 0.2) is 54.6 Å². The number of aryl methyl sites for hydroxylation is 1. The van der Waals surface area contributed by atoms with Crippen LogP contribution in [0.1, 0.15) is 119 Å². The third-order valence-corrected chi connectivity index (χ3v) is 7.78. The van der Waals surface area contributed by atoms with Crippen LogP contribution in [0.2, 0.25) is 0 Å². The second-order valence-corrected chi connectivity index (χ2v) is 10.2. The van der Waals surface area contributed by atoms with Crippen molar-refractivity contribution in [3.8, 4) is 0 Å². The van der Waals surface area contributed by atoms with Gasteiger partial charge in [0.2, 0.25) is 0 Å². The number of ketones is 1. The fraction of sp³-hybridized carbons (Fsp3) is 0.581. The third kappa shape index (κ3) is 7.06. The van der Waals surface area contributed by atoms with E-state index < -0.39 is 0 Å². The first kappa shape index (κ1) is 24.7. The molecule has 0 aliphatic heterocycles. The van der Waals surface area contributed by atoms with Gasteiger partial charge >= 0.3 is 0 Å². The Kier molecular flexibility index (Phi) is 10.0. The quantitative estimate of drug-likeness (QED) is 0.228. The summed E-state index contributed by atoms with van der Waals surface area (Å²) < 4.78 is 0. The molecule has 174 valence electrons. The van der Waals surface area contributed by atoms with E-state index in [1.54, 1.807) is 5.56 Å². The van der Waals surface area contributed by atoms with Crippen LogP contribution >= 0.6 is 0 Å². The lowest BCUT2D eigenvalue weighted by atomic mass is 9.63. The highest BCUT2D eigenvalue weighted by Crippen LogP contribution is 2.46. The highest BCUT2D eigenvalue weighted by molar-refractivity contribution is 5.96. The second-order valence-electron chi connectivity index (χ2n) is 10.2. The Bertz CT molecular complexity index is 781. The van der Waals surface area contributed by atoms with Gasteiger partial charge in [0.15, 0.2) is 5.78 Å². The van der Waals surface area contributed by atoms with E-state index in [1.165, 1.54) is 89.0 Å². The van der Waals surface area contributed by atoms with Crippen LogP contribution in [0.4, 0.5) is 0 Å². The number of carbonyl (C=O) groups is 1. The summed E-state index contributed by atoms with van der Waals surface area (Å²) in [5, 5.41) is 0. The molecule has 1 heteroatoms. The maximum Gasteiger partial charge on any atom is 0.163 e. The smallest absolute Gasteiger partial charge is 0.163 e. The van der Waals surface area contributed by atoms with Crippen molar-refractivity contribution >= 4 is 5.78 Å². The highest BCUT2D eigenvalue weighted by Gasteiger charge is 2.36. The van der Waals surface area contributed by atoms with Gasteiger partial charge in [-0.1, -0.05) is 107 Å². The normalized spacial score (nSPS) is 20.9. The fourth-order valence-electron chi connectivity index (χ4n) is 5.62. The molecule has 0 saturated heterocycles. The lowest BCUT2D eigenvalue weighted by Gasteiger charge is -2.41. The largest absolute Gasteiger partial charge is 0.294 e. The molecular formula is C31H44O. The molecule has 1 aliphatic carbocycles. The SMILES string of the molecule is CCCCCC[C@]1(c2ccc(CCCCC)cc2)CC[C@@H](CC(=O)c2ccccc2)CC1. The molecule has 0 heterocycles. The van der Waals surface area contributed by atoms with Gasteiger partial charge in [0, 0.05) is 12.0 Å². The van der Waals surface area contributed by atoms with Crippen LogP contribution in [0.5, 0.6) is 0 Å². The third-order valence-electron chi connectivity index (χ3n) is 7.78. The Balaban J connectivity index is 1.63. The van der Waals surface area contributed by atoms with E-state index in [0.717, 1.165) is 5.56 Å². The molecule has 1 nitrogen and oxygen atoms in total. The zero-order valence-corrected chi connectivity index (χ0v) is 20.6. The topological polar surface area (TPSA) is 17.1 Å². The molecule has 0 amide bonds. The average molecular weight is 433 g/mol. The van der Waals surface area contributed by atoms with Gasteiger partial charge in [0.1, 0.15) is 0 Å². The van der Waals surface area contributed by atoms with Gasteiger partial charge in [0.05, 0.1) is 0 Å². The Hall–Kier alpha value is -1.89. The molecule has 1 saturated carbocycles. The van der Waals surface area contributed by atoms with Crippen molar-refractivity contribution in [3.05, 3.63) is 71.3 Å². The number of unbranched alkanes of at least 4 members (excludes halogenated alkanes) is 5. The van der Waals surface area contributed by atoms with Crippen molar-refractivity contribution < 1.29 is 4.79 Å². The highest BCUT2D eigenvalue weighted by atomic mass is 16.1. The molecule has 0 atom stereocenters. The monoisotopic (exact) mass is 432 g/mol. The molecule has 0 bridgehead atoms. The minimum Gasteiger partial charge on any atom is -0.294 e. The molecular weight excluding hydrogens is 388 g/mol. The van der Waals surface area contributed by atoms with Gasteiger partial charge in [-0.25, -0.2) is 0 Å². The van der Waals surface area contributed by atoms with E-state index in [-0.39, 0.29) is 0 Å². The molecule has 0 N–H and O–H groups in total.